The van der Waals surface area contributed by atoms with Crippen LogP contribution in [-0.4, -0.2) is 19.9 Å². The standard InChI is InChI=1S/C12H12N2O4S2/c15-14(16)11-3-1-2-4-12(11)20(17,18)13-7-5-10-6-8-19-9-10/h1-4,6,8-9,13H,5,7H2. The Kier molecular flexibility index (Phi) is 4.48. The second-order valence-corrected chi connectivity index (χ2v) is 6.52. The van der Waals surface area contributed by atoms with Gasteiger partial charge in [-0.1, -0.05) is 12.1 Å². The largest absolute Gasteiger partial charge is 0.289 e. The number of rotatable bonds is 6. The van der Waals surface area contributed by atoms with Crippen molar-refractivity contribution in [3.63, 3.8) is 0 Å². The zero-order valence-electron chi connectivity index (χ0n) is 10.4. The van der Waals surface area contributed by atoms with Gasteiger partial charge in [0.2, 0.25) is 10.0 Å². The van der Waals surface area contributed by atoms with Gasteiger partial charge in [-0.2, -0.15) is 11.3 Å². The second kappa shape index (κ2) is 6.12. The molecule has 6 nitrogen and oxygen atoms in total. The molecule has 0 saturated heterocycles. The first kappa shape index (κ1) is 14.6. The monoisotopic (exact) mass is 312 g/mol. The van der Waals surface area contributed by atoms with Crippen LogP contribution in [0.15, 0.2) is 46.0 Å². The van der Waals surface area contributed by atoms with Gasteiger partial charge in [0.1, 0.15) is 0 Å². The summed E-state index contributed by atoms with van der Waals surface area (Å²) in [5, 5.41) is 14.7. The minimum atomic E-state index is -3.88. The number of nitrogens with one attached hydrogen (secondary N) is 1. The summed E-state index contributed by atoms with van der Waals surface area (Å²) in [6.45, 7) is 0.200. The van der Waals surface area contributed by atoms with Gasteiger partial charge in [0.15, 0.2) is 4.90 Å². The molecule has 106 valence electrons. The van der Waals surface area contributed by atoms with Crippen LogP contribution in [0.2, 0.25) is 0 Å². The summed E-state index contributed by atoms with van der Waals surface area (Å²) in [7, 11) is -3.88. The van der Waals surface area contributed by atoms with Gasteiger partial charge in [-0.05, 0) is 34.9 Å². The predicted octanol–water partition coefficient (Wildman–Crippen LogP) is 2.18. The first-order valence-electron chi connectivity index (χ1n) is 5.75. The highest BCUT2D eigenvalue weighted by atomic mass is 32.2. The first-order valence-corrected chi connectivity index (χ1v) is 8.17. The highest BCUT2D eigenvalue weighted by Gasteiger charge is 2.24. The van der Waals surface area contributed by atoms with Crippen LogP contribution in [0.25, 0.3) is 0 Å². The van der Waals surface area contributed by atoms with E-state index in [1.807, 2.05) is 16.8 Å². The SMILES string of the molecule is O=[N+]([O-])c1ccccc1S(=O)(=O)NCCc1ccsc1. The topological polar surface area (TPSA) is 89.3 Å². The summed E-state index contributed by atoms with van der Waals surface area (Å²) >= 11 is 1.53. The van der Waals surface area contributed by atoms with Gasteiger partial charge in [-0.25, -0.2) is 13.1 Å². The van der Waals surface area contributed by atoms with Crippen molar-refractivity contribution < 1.29 is 13.3 Å². The minimum Gasteiger partial charge on any atom is -0.258 e. The van der Waals surface area contributed by atoms with E-state index in [0.717, 1.165) is 5.56 Å². The molecule has 20 heavy (non-hydrogen) atoms. The molecule has 2 aromatic rings. The number of nitro benzene ring substituents is 1. The van der Waals surface area contributed by atoms with Gasteiger partial charge in [-0.3, -0.25) is 10.1 Å². The number of para-hydroxylation sites is 1. The zero-order chi connectivity index (χ0) is 14.6. The van der Waals surface area contributed by atoms with Crippen LogP contribution in [0.3, 0.4) is 0 Å². The van der Waals surface area contributed by atoms with E-state index in [0.29, 0.717) is 6.42 Å². The highest BCUT2D eigenvalue weighted by molar-refractivity contribution is 7.89. The van der Waals surface area contributed by atoms with Crippen molar-refractivity contribution in [3.05, 3.63) is 56.8 Å². The molecule has 0 spiro atoms. The Morgan fingerprint density at radius 1 is 1.25 bits per heavy atom. The molecule has 0 aliphatic carbocycles. The molecule has 8 heteroatoms. The van der Waals surface area contributed by atoms with E-state index < -0.39 is 20.6 Å². The molecule has 1 aromatic carbocycles. The van der Waals surface area contributed by atoms with Crippen molar-refractivity contribution in [2.24, 2.45) is 0 Å². The van der Waals surface area contributed by atoms with Crippen LogP contribution in [0.1, 0.15) is 5.56 Å². The summed E-state index contributed by atoms with van der Waals surface area (Å²) in [6, 6.07) is 7.20. The molecule has 0 amide bonds. The third-order valence-corrected chi connectivity index (χ3v) is 4.88. The van der Waals surface area contributed by atoms with E-state index in [9.17, 15) is 18.5 Å². The van der Waals surface area contributed by atoms with E-state index in [1.54, 1.807) is 0 Å². The van der Waals surface area contributed by atoms with E-state index >= 15 is 0 Å². The molecule has 0 aliphatic rings. The van der Waals surface area contributed by atoms with Crippen molar-refractivity contribution in [2.75, 3.05) is 6.54 Å². The molecule has 0 aliphatic heterocycles. The Morgan fingerprint density at radius 3 is 2.65 bits per heavy atom. The summed E-state index contributed by atoms with van der Waals surface area (Å²) in [6.07, 6.45) is 0.545. The third-order valence-electron chi connectivity index (χ3n) is 2.64. The lowest BCUT2D eigenvalue weighted by Crippen LogP contribution is -2.26. The maximum atomic E-state index is 12.1. The Hall–Kier alpha value is -1.77. The highest BCUT2D eigenvalue weighted by Crippen LogP contribution is 2.22. The third kappa shape index (κ3) is 3.41. The molecule has 0 fully saturated rings. The number of nitro groups is 1. The van der Waals surface area contributed by atoms with Crippen LogP contribution in [0, 0.1) is 10.1 Å². The van der Waals surface area contributed by atoms with Crippen LogP contribution < -0.4 is 4.72 Å². The van der Waals surface area contributed by atoms with E-state index in [-0.39, 0.29) is 11.4 Å². The molecular formula is C12H12N2O4S2. The molecule has 0 bridgehead atoms. The Labute approximate surface area is 120 Å². The lowest BCUT2D eigenvalue weighted by atomic mass is 10.2. The molecule has 0 radical (unpaired) electrons. The lowest BCUT2D eigenvalue weighted by Gasteiger charge is -2.06. The Balaban J connectivity index is 2.12. The van der Waals surface area contributed by atoms with Gasteiger partial charge in [0, 0.05) is 12.6 Å². The van der Waals surface area contributed by atoms with Gasteiger partial charge in [-0.15, -0.1) is 0 Å². The number of hydrogen-bond donors (Lipinski definition) is 1. The van der Waals surface area contributed by atoms with Gasteiger partial charge < -0.3 is 0 Å². The summed E-state index contributed by atoms with van der Waals surface area (Å²) in [5.74, 6) is 0. The van der Waals surface area contributed by atoms with Crippen LogP contribution in [-0.2, 0) is 16.4 Å². The fourth-order valence-corrected chi connectivity index (χ4v) is 3.58. The Morgan fingerprint density at radius 2 is 2.00 bits per heavy atom. The quantitative estimate of drug-likeness (QED) is 0.654. The van der Waals surface area contributed by atoms with Gasteiger partial charge in [0.25, 0.3) is 5.69 Å². The molecule has 0 unspecified atom stereocenters. The van der Waals surface area contributed by atoms with Crippen molar-refractivity contribution in [3.8, 4) is 0 Å². The van der Waals surface area contributed by atoms with Gasteiger partial charge >= 0.3 is 0 Å². The van der Waals surface area contributed by atoms with Crippen molar-refractivity contribution >= 4 is 27.0 Å². The predicted molar refractivity (Wildman–Crippen MR) is 76.3 cm³/mol. The lowest BCUT2D eigenvalue weighted by molar-refractivity contribution is -0.387. The molecule has 0 saturated carbocycles. The fourth-order valence-electron chi connectivity index (χ4n) is 1.68. The van der Waals surface area contributed by atoms with E-state index in [4.69, 9.17) is 0 Å². The van der Waals surface area contributed by atoms with E-state index in [2.05, 4.69) is 4.72 Å². The number of thiophene rings is 1. The number of sulfonamides is 1. The minimum absolute atomic E-state index is 0.200. The summed E-state index contributed by atoms with van der Waals surface area (Å²) in [5.41, 5.74) is 0.607. The molecule has 1 aromatic heterocycles. The van der Waals surface area contributed by atoms with Crippen LogP contribution >= 0.6 is 11.3 Å². The van der Waals surface area contributed by atoms with Crippen LogP contribution in [0.5, 0.6) is 0 Å². The maximum absolute atomic E-state index is 12.1. The maximum Gasteiger partial charge on any atom is 0.289 e. The van der Waals surface area contributed by atoms with Crippen LogP contribution in [0.4, 0.5) is 5.69 Å². The van der Waals surface area contributed by atoms with Gasteiger partial charge in [0.05, 0.1) is 4.92 Å². The zero-order valence-corrected chi connectivity index (χ0v) is 12.0. The molecular weight excluding hydrogens is 300 g/mol. The molecule has 1 N–H and O–H groups in total. The summed E-state index contributed by atoms with van der Waals surface area (Å²) in [4.78, 5) is 9.83. The average molecular weight is 312 g/mol. The van der Waals surface area contributed by atoms with Crippen molar-refractivity contribution in [1.29, 1.82) is 0 Å². The van der Waals surface area contributed by atoms with Crippen molar-refractivity contribution in [2.45, 2.75) is 11.3 Å². The average Bonchev–Trinajstić information content (AvgIpc) is 2.91. The Bertz CT molecular complexity index is 696. The smallest absolute Gasteiger partial charge is 0.258 e. The normalized spacial score (nSPS) is 11.4. The molecule has 0 atom stereocenters. The summed E-state index contributed by atoms with van der Waals surface area (Å²) < 4.78 is 26.5. The number of hydrogen-bond acceptors (Lipinski definition) is 5. The van der Waals surface area contributed by atoms with E-state index in [1.165, 1.54) is 35.6 Å². The number of benzene rings is 1. The fraction of sp³-hybridized carbons (Fsp3) is 0.167. The first-order chi connectivity index (χ1) is 9.50. The second-order valence-electron chi connectivity index (χ2n) is 4.00. The molecule has 1 heterocycles. The number of nitrogens with zero attached hydrogens (tertiary/aromatic N) is 1. The molecule has 2 rings (SSSR count). The van der Waals surface area contributed by atoms with Crippen molar-refractivity contribution in [1.82, 2.24) is 4.72 Å².